The first-order valence-corrected chi connectivity index (χ1v) is 95.3. The largest absolute Gasteiger partial charge is 0.436 e. The van der Waals surface area contributed by atoms with Gasteiger partial charge in [-0.1, -0.05) is 19.0 Å². The Morgan fingerprint density at radius 1 is 0.174 bits per heavy atom. The zero-order valence-corrected chi connectivity index (χ0v) is 89.3. The topological polar surface area (TPSA) is 194 Å². The van der Waals surface area contributed by atoms with Crippen LogP contribution >= 0.6 is 0 Å². The molecular weight excluding hydrogens is 1540 g/mol. The molecule has 0 saturated carbocycles. The average Bonchev–Trinajstić information content (AvgIpc) is 1.01. The summed E-state index contributed by atoms with van der Waals surface area (Å²) in [6.07, 6.45) is 1.10. The van der Waals surface area contributed by atoms with Gasteiger partial charge in [0.2, 0.25) is 0 Å². The summed E-state index contributed by atoms with van der Waals surface area (Å²) in [6, 6.07) is 1.10. The molecule has 0 N–H and O–H groups in total. The van der Waals surface area contributed by atoms with Gasteiger partial charge in [-0.15, -0.1) is 6.58 Å². The molecule has 0 rings (SSSR count). The molecule has 0 aliphatic rings. The van der Waals surface area contributed by atoms with Crippen molar-refractivity contribution in [3.63, 3.8) is 0 Å². The molecule has 0 aliphatic heterocycles. The second-order valence-electron chi connectivity index (χ2n) is 34.5. The second-order valence-corrected chi connectivity index (χ2v) is 115. The van der Waals surface area contributed by atoms with Crippen LogP contribution in [-0.2, 0) is 86.4 Å². The van der Waals surface area contributed by atoms with Crippen molar-refractivity contribution in [3.05, 3.63) is 12.3 Å². The monoisotopic (exact) mass is 1680 g/mol. The third kappa shape index (κ3) is 43.1. The zero-order chi connectivity index (χ0) is 74.0. The molecule has 0 atom stereocenters. The van der Waals surface area contributed by atoms with E-state index < -0.39 is 188 Å². The minimum Gasteiger partial charge on any atom is -0.436 e. The molecule has 0 aromatic carbocycles. The SMILES string of the molecule is C=C[Si](C)(C)O[Si](C)(C)O[Si](C)(C)O[Si](C)(C)O[Si](C)(C)O[Si](C)(C)O[Si](C)(C)O[Si](C)(C)O[Si](C)(C)O[Si](C)(C)O[Si](C)(C)O[Si](C)(C)O[Si](C)(C)O[Si](C)(C)O[Si](C)(C)O[Si](C)(C)O[Si](C)(C)O[Si](C)(C)O[Si](C)(C)O[Si](C)(C)O[Si](C)(C)O[Si](C)(C)CCC. The van der Waals surface area contributed by atoms with E-state index in [1.54, 1.807) is 0 Å². The van der Waals surface area contributed by atoms with Crippen LogP contribution in [0.5, 0.6) is 0 Å². The van der Waals surface area contributed by atoms with Gasteiger partial charge in [-0.3, -0.25) is 0 Å². The second kappa shape index (κ2) is 32.6. The molecule has 21 nitrogen and oxygen atoms in total. The summed E-state index contributed by atoms with van der Waals surface area (Å²) in [4.78, 5) is 0. The third-order valence-electron chi connectivity index (χ3n) is 11.7. The van der Waals surface area contributed by atoms with Crippen LogP contribution in [0, 0.1) is 0 Å². The van der Waals surface area contributed by atoms with Gasteiger partial charge in [0.05, 0.1) is 0 Å². The first-order chi connectivity index (χ1) is 39.5. The van der Waals surface area contributed by atoms with Crippen molar-refractivity contribution in [2.45, 2.75) is 307 Å². The van der Waals surface area contributed by atoms with Crippen LogP contribution in [0.15, 0.2) is 12.3 Å². The van der Waals surface area contributed by atoms with E-state index in [9.17, 15) is 0 Å². The smallest absolute Gasteiger partial charge is 0.314 e. The van der Waals surface area contributed by atoms with Gasteiger partial charge in [-0.25, -0.2) is 0 Å². The van der Waals surface area contributed by atoms with Gasteiger partial charge in [0.15, 0.2) is 16.6 Å². The van der Waals surface area contributed by atoms with E-state index in [1.807, 2.05) is 5.70 Å². The maximum atomic E-state index is 6.98. The van der Waals surface area contributed by atoms with E-state index in [2.05, 4.69) is 302 Å². The van der Waals surface area contributed by atoms with Gasteiger partial charge < -0.3 is 86.4 Å². The lowest BCUT2D eigenvalue weighted by Gasteiger charge is -2.45. The highest BCUT2D eigenvalue weighted by molar-refractivity contribution is 6.97. The van der Waals surface area contributed by atoms with E-state index in [0.717, 1.165) is 12.5 Å². The van der Waals surface area contributed by atoms with Crippen LogP contribution in [-0.4, -0.2) is 188 Å². The van der Waals surface area contributed by atoms with Crippen LogP contribution in [0.4, 0.5) is 0 Å². The lowest BCUT2D eigenvalue weighted by Crippen LogP contribution is -2.63. The minimum absolute atomic E-state index is 1.10. The van der Waals surface area contributed by atoms with Crippen LogP contribution in [0.1, 0.15) is 13.3 Å². The Morgan fingerprint density at radius 2 is 0.272 bits per heavy atom. The van der Waals surface area contributed by atoms with Crippen LogP contribution in [0.3, 0.4) is 0 Å². The number of rotatable bonds is 45. The minimum atomic E-state index is -2.88. The predicted octanol–water partition coefficient (Wildman–Crippen LogP) is 17.9. The Hall–Kier alpha value is 3.67. The standard InChI is InChI=1S/C49H142O21Si22/c1-47-49-72(5,6)51-74(9,10)53-76(13,14)55-78(17,18)57-80(21,22)59-82(25,26)61-84(29,30)63-86(33,34)65-88(37,38)67-90(41,42)69-92(45,46)70-91(43,44)68-89(39,40)66-87(35,36)64-85(31,32)62-83(27,28)60-81(23,24)58-79(19,20)56-77(15,16)54-75(11,12)52-73(7,8)50-71(3,4)48-2/h48H,2,47,49H2,1,3-46H3. The quantitative estimate of drug-likeness (QED) is 0.0522. The van der Waals surface area contributed by atoms with E-state index >= 15 is 0 Å². The van der Waals surface area contributed by atoms with Gasteiger partial charge in [0.1, 0.15) is 0 Å². The van der Waals surface area contributed by atoms with Crippen molar-refractivity contribution in [1.29, 1.82) is 0 Å². The normalized spacial score (nSPS) is 16.1. The van der Waals surface area contributed by atoms with E-state index in [1.165, 1.54) is 0 Å². The predicted molar refractivity (Wildman–Crippen MR) is 433 cm³/mol. The summed E-state index contributed by atoms with van der Waals surface area (Å²) in [5.74, 6) is 0. The molecule has 0 spiro atoms. The van der Waals surface area contributed by atoms with Gasteiger partial charge in [0.25, 0.3) is 0 Å². The first kappa shape index (κ1) is 95.7. The number of hydrogen-bond donors (Lipinski definition) is 0. The molecule has 0 aliphatic carbocycles. The Bertz CT molecular complexity index is 2350. The molecular formula is C49H142O21Si22. The van der Waals surface area contributed by atoms with Crippen molar-refractivity contribution in [3.8, 4) is 0 Å². The van der Waals surface area contributed by atoms with Crippen molar-refractivity contribution in [2.75, 3.05) is 0 Å². The molecule has 0 saturated heterocycles. The zero-order valence-electron chi connectivity index (χ0n) is 67.3. The first-order valence-electron chi connectivity index (χ1n) is 32.8. The maximum Gasteiger partial charge on any atom is 0.314 e. The molecule has 0 amide bonds. The molecule has 0 fully saturated rings. The Morgan fingerprint density at radius 3 is 0.370 bits per heavy atom. The van der Waals surface area contributed by atoms with Crippen molar-refractivity contribution >= 4 is 188 Å². The van der Waals surface area contributed by atoms with Crippen molar-refractivity contribution in [1.82, 2.24) is 0 Å². The molecule has 0 radical (unpaired) electrons. The molecule has 0 bridgehead atoms. The highest BCUT2D eigenvalue weighted by Crippen LogP contribution is 2.36. The van der Waals surface area contributed by atoms with Gasteiger partial charge >= 0.3 is 171 Å². The molecule has 0 unspecified atom stereocenters. The summed E-state index contributed by atoms with van der Waals surface area (Å²) in [5.41, 5.74) is 1.94. The Labute approximate surface area is 589 Å². The summed E-state index contributed by atoms with van der Waals surface area (Å²) < 4.78 is 144. The summed E-state index contributed by atoms with van der Waals surface area (Å²) in [5, 5.41) is 0. The molecule has 0 heterocycles. The fourth-order valence-corrected chi connectivity index (χ4v) is 127. The van der Waals surface area contributed by atoms with E-state index in [-0.39, 0.29) is 0 Å². The van der Waals surface area contributed by atoms with Gasteiger partial charge in [0, 0.05) is 0 Å². The van der Waals surface area contributed by atoms with Crippen molar-refractivity contribution < 1.29 is 86.4 Å². The Balaban J connectivity index is 5.87. The van der Waals surface area contributed by atoms with Crippen LogP contribution in [0.25, 0.3) is 0 Å². The fraction of sp³-hybridized carbons (Fsp3) is 0.959. The Kier molecular flexibility index (Phi) is 33.9. The third-order valence-corrected chi connectivity index (χ3v) is 97.4. The fourth-order valence-electron chi connectivity index (χ4n) is 13.7. The van der Waals surface area contributed by atoms with Crippen molar-refractivity contribution in [2.24, 2.45) is 0 Å². The average molecular weight is 1690 g/mol. The molecule has 552 valence electrons. The highest BCUT2D eigenvalue weighted by atomic mass is 28.6. The van der Waals surface area contributed by atoms with E-state index in [4.69, 9.17) is 86.4 Å². The summed E-state index contributed by atoms with van der Waals surface area (Å²) in [7, 11) is -59.6. The lowest BCUT2D eigenvalue weighted by molar-refractivity contribution is 0.249. The molecule has 0 aromatic heterocycles. The maximum absolute atomic E-state index is 6.98. The van der Waals surface area contributed by atoms with E-state index in [0.29, 0.717) is 0 Å². The summed E-state index contributed by atoms with van der Waals surface area (Å²) >= 11 is 0. The van der Waals surface area contributed by atoms with Crippen LogP contribution < -0.4 is 0 Å². The molecule has 43 heteroatoms. The van der Waals surface area contributed by atoms with Gasteiger partial charge in [-0.05, 0) is 294 Å². The molecule has 0 aromatic rings. The summed E-state index contributed by atoms with van der Waals surface area (Å²) in [6.45, 7) is 97.7. The highest BCUT2D eigenvalue weighted by Gasteiger charge is 2.55. The lowest BCUT2D eigenvalue weighted by atomic mass is 10.6. The molecule has 92 heavy (non-hydrogen) atoms. The number of hydrogen-bond acceptors (Lipinski definition) is 21. The van der Waals surface area contributed by atoms with Gasteiger partial charge in [-0.2, -0.15) is 0 Å². The van der Waals surface area contributed by atoms with Crippen LogP contribution in [0.2, 0.25) is 294 Å².